The lowest BCUT2D eigenvalue weighted by Gasteiger charge is -2.34. The first-order chi connectivity index (χ1) is 10.8. The first kappa shape index (κ1) is 18.5. The van der Waals surface area contributed by atoms with Crippen molar-refractivity contribution in [2.75, 3.05) is 13.2 Å². The minimum atomic E-state index is -0.442. The van der Waals surface area contributed by atoms with Crippen molar-refractivity contribution in [2.45, 2.75) is 89.8 Å². The van der Waals surface area contributed by atoms with Gasteiger partial charge in [-0.05, 0) is 59.3 Å². The molecule has 0 saturated heterocycles. The summed E-state index contributed by atoms with van der Waals surface area (Å²) in [4.78, 5) is 11.8. The second-order valence-corrected chi connectivity index (χ2v) is 8.44. The smallest absolute Gasteiger partial charge is 0.407 e. The number of hydrogen-bond acceptors (Lipinski definition) is 4. The molecule has 23 heavy (non-hydrogen) atoms. The highest BCUT2D eigenvalue weighted by molar-refractivity contribution is 5.68. The number of carbonyl (C=O) groups is 1. The highest BCUT2D eigenvalue weighted by Gasteiger charge is 2.34. The van der Waals surface area contributed by atoms with Gasteiger partial charge in [0.1, 0.15) is 5.60 Å². The van der Waals surface area contributed by atoms with E-state index in [4.69, 9.17) is 4.74 Å². The third-order valence-electron chi connectivity index (χ3n) is 5.21. The van der Waals surface area contributed by atoms with E-state index in [0.717, 1.165) is 45.1 Å². The van der Waals surface area contributed by atoms with Gasteiger partial charge in [-0.2, -0.15) is 0 Å². The highest BCUT2D eigenvalue weighted by atomic mass is 16.6. The Morgan fingerprint density at radius 3 is 2.22 bits per heavy atom. The minimum Gasteiger partial charge on any atom is -0.444 e. The number of aliphatic hydroxyl groups excluding tert-OH is 1. The molecule has 0 aromatic carbocycles. The van der Waals surface area contributed by atoms with Crippen molar-refractivity contribution < 1.29 is 14.6 Å². The fourth-order valence-electron chi connectivity index (χ4n) is 3.79. The molecule has 0 radical (unpaired) electrons. The van der Waals surface area contributed by atoms with Crippen molar-refractivity contribution in [1.82, 2.24) is 10.6 Å². The van der Waals surface area contributed by atoms with E-state index in [-0.39, 0.29) is 17.6 Å². The monoisotopic (exact) mass is 326 g/mol. The highest BCUT2D eigenvalue weighted by Crippen LogP contribution is 2.37. The van der Waals surface area contributed by atoms with Crippen LogP contribution in [0.5, 0.6) is 0 Å². The van der Waals surface area contributed by atoms with Gasteiger partial charge >= 0.3 is 6.09 Å². The molecule has 0 aliphatic heterocycles. The summed E-state index contributed by atoms with van der Waals surface area (Å²) in [7, 11) is 0. The van der Waals surface area contributed by atoms with Crippen LogP contribution in [0.3, 0.4) is 0 Å². The van der Waals surface area contributed by atoms with Gasteiger partial charge in [0, 0.05) is 30.7 Å². The van der Waals surface area contributed by atoms with Gasteiger partial charge in [-0.1, -0.05) is 12.8 Å². The Morgan fingerprint density at radius 1 is 1.13 bits per heavy atom. The molecule has 1 amide bonds. The van der Waals surface area contributed by atoms with E-state index >= 15 is 0 Å². The lowest BCUT2D eigenvalue weighted by molar-refractivity contribution is 0.0488. The zero-order valence-electron chi connectivity index (χ0n) is 15.0. The lowest BCUT2D eigenvalue weighted by atomic mass is 9.85. The molecule has 2 aliphatic carbocycles. The summed E-state index contributed by atoms with van der Waals surface area (Å²) >= 11 is 0. The molecule has 0 aromatic heterocycles. The lowest BCUT2D eigenvalue weighted by Crippen LogP contribution is -2.46. The third kappa shape index (κ3) is 5.96. The number of nitrogens with one attached hydrogen (secondary N) is 2. The van der Waals surface area contributed by atoms with Crippen molar-refractivity contribution in [1.29, 1.82) is 0 Å². The maximum atomic E-state index is 11.8. The van der Waals surface area contributed by atoms with E-state index in [1.165, 1.54) is 12.8 Å². The van der Waals surface area contributed by atoms with Crippen LogP contribution >= 0.6 is 0 Å². The predicted molar refractivity (Wildman–Crippen MR) is 91.4 cm³/mol. The van der Waals surface area contributed by atoms with Crippen molar-refractivity contribution in [3.05, 3.63) is 0 Å². The van der Waals surface area contributed by atoms with E-state index in [1.807, 2.05) is 20.8 Å². The molecule has 0 heterocycles. The second-order valence-electron chi connectivity index (χ2n) is 8.44. The standard InChI is InChI=1S/C18H34N2O3/c1-17(2,3)23-16(22)20-15-8-6-14(7-9-15)19-12-18(13-21)10-4-5-11-18/h14-15,19,21H,4-13H2,1-3H3,(H,20,22). The Kier molecular flexibility index (Phi) is 6.32. The molecule has 0 bridgehead atoms. The minimum absolute atomic E-state index is 0.117. The predicted octanol–water partition coefficient (Wildman–Crippen LogP) is 2.96. The largest absolute Gasteiger partial charge is 0.444 e. The molecule has 2 fully saturated rings. The normalized spacial score (nSPS) is 27.7. The van der Waals surface area contributed by atoms with Gasteiger partial charge in [-0.15, -0.1) is 0 Å². The van der Waals surface area contributed by atoms with Crippen LogP contribution < -0.4 is 10.6 Å². The molecular formula is C18H34N2O3. The van der Waals surface area contributed by atoms with Gasteiger partial charge < -0.3 is 20.5 Å². The molecule has 0 atom stereocenters. The van der Waals surface area contributed by atoms with Gasteiger partial charge in [0.05, 0.1) is 0 Å². The van der Waals surface area contributed by atoms with Crippen LogP contribution in [-0.2, 0) is 4.74 Å². The molecule has 5 heteroatoms. The van der Waals surface area contributed by atoms with Crippen molar-refractivity contribution >= 4 is 6.09 Å². The fraction of sp³-hybridized carbons (Fsp3) is 0.944. The SMILES string of the molecule is CC(C)(C)OC(=O)NC1CCC(NCC2(CO)CCCC2)CC1. The fourth-order valence-corrected chi connectivity index (χ4v) is 3.79. The second kappa shape index (κ2) is 7.84. The number of carbonyl (C=O) groups excluding carboxylic acids is 1. The summed E-state index contributed by atoms with van der Waals surface area (Å²) in [6, 6.07) is 0.733. The van der Waals surface area contributed by atoms with Crippen molar-refractivity contribution in [3.63, 3.8) is 0 Å². The maximum absolute atomic E-state index is 11.8. The van der Waals surface area contributed by atoms with Gasteiger partial charge in [0.15, 0.2) is 0 Å². The summed E-state index contributed by atoms with van der Waals surface area (Å²) in [5.41, 5.74) is -0.325. The zero-order chi connectivity index (χ0) is 16.9. The summed E-state index contributed by atoms with van der Waals surface area (Å²) in [5.74, 6) is 0. The molecule has 2 aliphatic rings. The maximum Gasteiger partial charge on any atom is 0.407 e. The number of rotatable bonds is 5. The molecular weight excluding hydrogens is 292 g/mol. The first-order valence-corrected chi connectivity index (χ1v) is 9.16. The van der Waals surface area contributed by atoms with Gasteiger partial charge in [-0.25, -0.2) is 4.79 Å². The molecule has 2 rings (SSSR count). The molecule has 0 spiro atoms. The Morgan fingerprint density at radius 2 is 1.70 bits per heavy atom. The number of alkyl carbamates (subject to hydrolysis) is 1. The summed E-state index contributed by atoms with van der Waals surface area (Å²) in [6.45, 7) is 6.88. The van der Waals surface area contributed by atoms with E-state index in [2.05, 4.69) is 10.6 Å². The average Bonchev–Trinajstić information content (AvgIpc) is 2.94. The van der Waals surface area contributed by atoms with Crippen LogP contribution in [-0.4, -0.2) is 42.0 Å². The van der Waals surface area contributed by atoms with E-state index < -0.39 is 5.60 Å². The Bertz CT molecular complexity index is 378. The average molecular weight is 326 g/mol. The zero-order valence-corrected chi connectivity index (χ0v) is 15.0. The quantitative estimate of drug-likeness (QED) is 0.726. The number of ether oxygens (including phenoxy) is 1. The van der Waals surface area contributed by atoms with E-state index in [0.29, 0.717) is 12.6 Å². The molecule has 3 N–H and O–H groups in total. The van der Waals surface area contributed by atoms with E-state index in [9.17, 15) is 9.90 Å². The Labute approximate surface area is 140 Å². The first-order valence-electron chi connectivity index (χ1n) is 9.16. The summed E-state index contributed by atoms with van der Waals surface area (Å²) < 4.78 is 5.32. The van der Waals surface area contributed by atoms with Gasteiger partial charge in [0.2, 0.25) is 0 Å². The van der Waals surface area contributed by atoms with Gasteiger partial charge in [-0.3, -0.25) is 0 Å². The summed E-state index contributed by atoms with van der Waals surface area (Å²) in [6.07, 6.45) is 8.59. The van der Waals surface area contributed by atoms with Crippen molar-refractivity contribution in [3.8, 4) is 0 Å². The van der Waals surface area contributed by atoms with E-state index in [1.54, 1.807) is 0 Å². The van der Waals surface area contributed by atoms with Gasteiger partial charge in [0.25, 0.3) is 0 Å². The molecule has 5 nitrogen and oxygen atoms in total. The Hall–Kier alpha value is -0.810. The summed E-state index contributed by atoms with van der Waals surface area (Å²) in [5, 5.41) is 16.3. The van der Waals surface area contributed by atoms with Crippen LogP contribution in [0.15, 0.2) is 0 Å². The molecule has 134 valence electrons. The Balaban J connectivity index is 1.67. The topological polar surface area (TPSA) is 70.6 Å². The number of aliphatic hydroxyl groups is 1. The third-order valence-corrected chi connectivity index (χ3v) is 5.21. The van der Waals surface area contributed by atoms with Crippen LogP contribution in [0.2, 0.25) is 0 Å². The number of hydrogen-bond donors (Lipinski definition) is 3. The molecule has 0 aromatic rings. The molecule has 0 unspecified atom stereocenters. The van der Waals surface area contributed by atoms with Crippen molar-refractivity contribution in [2.24, 2.45) is 5.41 Å². The van der Waals surface area contributed by atoms with Crippen LogP contribution in [0.1, 0.15) is 72.1 Å². The molecule has 2 saturated carbocycles. The number of amides is 1. The van der Waals surface area contributed by atoms with Crippen LogP contribution in [0.4, 0.5) is 4.79 Å². The van der Waals surface area contributed by atoms with Crippen LogP contribution in [0, 0.1) is 5.41 Å². The van der Waals surface area contributed by atoms with Crippen LogP contribution in [0.25, 0.3) is 0 Å².